The Balaban J connectivity index is 1.92. The van der Waals surface area contributed by atoms with Crippen LogP contribution in [0.5, 0.6) is 0 Å². The molecule has 8 nitrogen and oxygen atoms in total. The number of thiocarbonyl (C=S) groups is 1. The molecule has 2 fully saturated rings. The molecule has 0 unspecified atom stereocenters. The minimum Gasteiger partial charge on any atom is -0.367 e. The molecular weight excluding hydrogens is 380 g/mol. The number of rotatable bonds is 2. The number of amides is 2. The first-order valence-electron chi connectivity index (χ1n) is 9.51. The molecular formula is C19H22N4O4S. The maximum atomic E-state index is 13.6. The van der Waals surface area contributed by atoms with Gasteiger partial charge in [-0.05, 0) is 50.0 Å². The molecule has 2 amide bonds. The third-order valence-corrected chi connectivity index (χ3v) is 6.77. The van der Waals surface area contributed by atoms with Crippen LogP contribution in [0, 0.1) is 15.5 Å². The van der Waals surface area contributed by atoms with Crippen molar-refractivity contribution in [2.24, 2.45) is 5.41 Å². The van der Waals surface area contributed by atoms with Crippen LogP contribution in [-0.4, -0.2) is 57.8 Å². The molecule has 0 bridgehead atoms. The summed E-state index contributed by atoms with van der Waals surface area (Å²) >= 11 is 5.34. The maximum Gasteiger partial charge on any atom is 0.269 e. The van der Waals surface area contributed by atoms with Crippen molar-refractivity contribution < 1.29 is 14.5 Å². The highest BCUT2D eigenvalue weighted by molar-refractivity contribution is 7.80. The van der Waals surface area contributed by atoms with Crippen LogP contribution < -0.4 is 4.90 Å². The fourth-order valence-corrected chi connectivity index (χ4v) is 5.25. The fourth-order valence-electron chi connectivity index (χ4n) is 4.96. The summed E-state index contributed by atoms with van der Waals surface area (Å²) in [4.78, 5) is 42.9. The van der Waals surface area contributed by atoms with E-state index in [-0.39, 0.29) is 35.1 Å². The lowest BCUT2D eigenvalue weighted by molar-refractivity contribution is -0.384. The van der Waals surface area contributed by atoms with Gasteiger partial charge < -0.3 is 4.90 Å². The lowest BCUT2D eigenvalue weighted by Crippen LogP contribution is -2.72. The molecule has 3 aliphatic rings. The number of nitro benzene ring substituents is 1. The second-order valence-corrected chi connectivity index (χ2v) is 7.98. The fraction of sp³-hybridized carbons (Fsp3) is 0.526. The lowest BCUT2D eigenvalue weighted by atomic mass is 9.66. The van der Waals surface area contributed by atoms with Crippen molar-refractivity contribution in [3.63, 3.8) is 0 Å². The zero-order valence-corrected chi connectivity index (χ0v) is 16.7. The molecule has 2 atom stereocenters. The highest BCUT2D eigenvalue weighted by Crippen LogP contribution is 2.49. The number of fused-ring (bicyclic) bond motifs is 4. The molecule has 9 heteroatoms. The molecule has 1 aromatic carbocycles. The Bertz CT molecular complexity index is 904. The van der Waals surface area contributed by atoms with Crippen LogP contribution in [0.25, 0.3) is 0 Å². The molecule has 1 aromatic rings. The Labute approximate surface area is 168 Å². The first-order valence-corrected chi connectivity index (χ1v) is 9.91. The van der Waals surface area contributed by atoms with Crippen molar-refractivity contribution in [1.29, 1.82) is 0 Å². The van der Waals surface area contributed by atoms with E-state index in [1.807, 2.05) is 6.92 Å². The van der Waals surface area contributed by atoms with Crippen molar-refractivity contribution in [1.82, 2.24) is 9.80 Å². The molecule has 3 aliphatic heterocycles. The van der Waals surface area contributed by atoms with Crippen LogP contribution in [-0.2, 0) is 16.0 Å². The van der Waals surface area contributed by atoms with E-state index in [4.69, 9.17) is 12.2 Å². The molecule has 2 saturated heterocycles. The van der Waals surface area contributed by atoms with Gasteiger partial charge in [0.15, 0.2) is 10.5 Å². The molecule has 148 valence electrons. The second-order valence-electron chi connectivity index (χ2n) is 7.62. The number of nitro groups is 1. The largest absolute Gasteiger partial charge is 0.367 e. The maximum absolute atomic E-state index is 13.6. The smallest absolute Gasteiger partial charge is 0.269 e. The normalized spacial score (nSPS) is 27.1. The summed E-state index contributed by atoms with van der Waals surface area (Å²) in [7, 11) is 1.61. The van der Waals surface area contributed by atoms with E-state index < -0.39 is 10.3 Å². The number of anilines is 1. The Morgan fingerprint density at radius 3 is 2.71 bits per heavy atom. The number of non-ortho nitro benzene ring substituents is 1. The number of carbonyl (C=O) groups is 2. The van der Waals surface area contributed by atoms with Gasteiger partial charge in [0.05, 0.1) is 11.0 Å². The lowest BCUT2D eigenvalue weighted by Gasteiger charge is -2.55. The average molecular weight is 402 g/mol. The molecule has 28 heavy (non-hydrogen) atoms. The Morgan fingerprint density at radius 1 is 1.29 bits per heavy atom. The Kier molecular flexibility index (Phi) is 4.37. The van der Waals surface area contributed by atoms with E-state index in [0.29, 0.717) is 12.1 Å². The Hall–Kier alpha value is -2.55. The topological polar surface area (TPSA) is 87.0 Å². The summed E-state index contributed by atoms with van der Waals surface area (Å²) in [6.45, 7) is 2.94. The quantitative estimate of drug-likeness (QED) is 0.326. The number of hydrogen-bond acceptors (Lipinski definition) is 6. The van der Waals surface area contributed by atoms with E-state index in [2.05, 4.69) is 4.90 Å². The van der Waals surface area contributed by atoms with Gasteiger partial charge in [-0.2, -0.15) is 0 Å². The third-order valence-electron chi connectivity index (χ3n) is 6.27. The summed E-state index contributed by atoms with van der Waals surface area (Å²) in [5.41, 5.74) is 0.235. The summed E-state index contributed by atoms with van der Waals surface area (Å²) in [5.74, 6) is -0.585. The van der Waals surface area contributed by atoms with Gasteiger partial charge in [0.2, 0.25) is 11.8 Å². The highest BCUT2D eigenvalue weighted by atomic mass is 32.1. The van der Waals surface area contributed by atoms with Crippen LogP contribution in [0.2, 0.25) is 0 Å². The van der Waals surface area contributed by atoms with Crippen molar-refractivity contribution in [2.75, 3.05) is 25.0 Å². The van der Waals surface area contributed by atoms with Gasteiger partial charge in [-0.1, -0.05) is 0 Å². The summed E-state index contributed by atoms with van der Waals surface area (Å²) in [6, 6.07) is 4.48. The zero-order chi connectivity index (χ0) is 20.2. The predicted octanol–water partition coefficient (Wildman–Crippen LogP) is 2.10. The summed E-state index contributed by atoms with van der Waals surface area (Å²) in [5, 5.41) is 11.5. The van der Waals surface area contributed by atoms with Gasteiger partial charge >= 0.3 is 0 Å². The third kappa shape index (κ3) is 2.38. The molecule has 0 N–H and O–H groups in total. The highest BCUT2D eigenvalue weighted by Gasteiger charge is 2.62. The van der Waals surface area contributed by atoms with Gasteiger partial charge in [0, 0.05) is 44.4 Å². The summed E-state index contributed by atoms with van der Waals surface area (Å²) < 4.78 is 0. The van der Waals surface area contributed by atoms with Crippen LogP contribution in [0.3, 0.4) is 0 Å². The molecule has 0 aromatic heterocycles. The van der Waals surface area contributed by atoms with Crippen molar-refractivity contribution in [3.05, 3.63) is 33.9 Å². The van der Waals surface area contributed by atoms with E-state index in [9.17, 15) is 19.7 Å². The summed E-state index contributed by atoms with van der Waals surface area (Å²) in [6.07, 6.45) is 2.78. The molecule has 0 aliphatic carbocycles. The first kappa shape index (κ1) is 18.8. The molecule has 1 spiro atoms. The minimum absolute atomic E-state index is 0.0312. The average Bonchev–Trinajstić information content (AvgIpc) is 2.70. The van der Waals surface area contributed by atoms with Gasteiger partial charge in [-0.25, -0.2) is 0 Å². The monoisotopic (exact) mass is 402 g/mol. The number of piperidine rings is 1. The van der Waals surface area contributed by atoms with Gasteiger partial charge in [-0.3, -0.25) is 29.5 Å². The van der Waals surface area contributed by atoms with Crippen LogP contribution >= 0.6 is 12.2 Å². The molecule has 0 saturated carbocycles. The van der Waals surface area contributed by atoms with Gasteiger partial charge in [0.25, 0.3) is 5.69 Å². The van der Waals surface area contributed by atoms with E-state index >= 15 is 0 Å². The van der Waals surface area contributed by atoms with E-state index in [1.165, 1.54) is 21.9 Å². The van der Waals surface area contributed by atoms with Crippen molar-refractivity contribution in [2.45, 2.75) is 38.6 Å². The minimum atomic E-state index is -1.30. The standard InChI is InChI=1S/C19H22N4O4S/c1-3-21-17(25)19(16(24)20(2)18(21)28)11-12-10-13(23(26)27)7-8-14(12)22-9-5-4-6-15(19)22/h7-8,10,15H,3-6,9,11H2,1-2H3/t15-,19-/m0/s1. The number of nitrogens with zero attached hydrogens (tertiary/aromatic N) is 4. The first-order chi connectivity index (χ1) is 13.3. The molecule has 0 radical (unpaired) electrons. The van der Waals surface area contributed by atoms with E-state index in [1.54, 1.807) is 13.1 Å². The van der Waals surface area contributed by atoms with Crippen LogP contribution in [0.15, 0.2) is 18.2 Å². The second kappa shape index (κ2) is 6.51. The van der Waals surface area contributed by atoms with Crippen LogP contribution in [0.4, 0.5) is 11.4 Å². The van der Waals surface area contributed by atoms with Crippen molar-refractivity contribution in [3.8, 4) is 0 Å². The van der Waals surface area contributed by atoms with Gasteiger partial charge in [-0.15, -0.1) is 0 Å². The molecule has 3 heterocycles. The Morgan fingerprint density at radius 2 is 2.04 bits per heavy atom. The number of carbonyl (C=O) groups excluding carboxylic acids is 2. The molecule has 4 rings (SSSR count). The van der Waals surface area contributed by atoms with Crippen molar-refractivity contribution >= 4 is 40.5 Å². The van der Waals surface area contributed by atoms with E-state index in [0.717, 1.165) is 31.5 Å². The zero-order valence-electron chi connectivity index (χ0n) is 15.9. The number of hydrogen-bond donors (Lipinski definition) is 0. The van der Waals surface area contributed by atoms with Gasteiger partial charge in [0.1, 0.15) is 0 Å². The SMILES string of the molecule is CCN1C(=O)[C@]2(Cc3cc([N+](=O)[O-])ccc3N3CCCC[C@H]32)C(=O)N(C)C1=S. The predicted molar refractivity (Wildman–Crippen MR) is 107 cm³/mol. The van der Waals surface area contributed by atoms with Crippen LogP contribution in [0.1, 0.15) is 31.7 Å². The number of benzene rings is 1.